The van der Waals surface area contributed by atoms with Crippen LogP contribution in [0.4, 0.5) is 0 Å². The first-order valence-electron chi connectivity index (χ1n) is 6.75. The Morgan fingerprint density at radius 2 is 1.95 bits per heavy atom. The highest BCUT2D eigenvalue weighted by molar-refractivity contribution is 7.93. The number of hydrogen-bond donors (Lipinski definition) is 0. The van der Waals surface area contributed by atoms with Crippen molar-refractivity contribution in [3.63, 3.8) is 0 Å². The summed E-state index contributed by atoms with van der Waals surface area (Å²) in [4.78, 5) is -0.000650. The second-order valence-corrected chi connectivity index (χ2v) is 9.62. The highest BCUT2D eigenvalue weighted by Crippen LogP contribution is 2.39. The van der Waals surface area contributed by atoms with Crippen molar-refractivity contribution in [2.75, 3.05) is 26.5 Å². The maximum absolute atomic E-state index is 12.9. The van der Waals surface area contributed by atoms with Crippen molar-refractivity contribution in [1.82, 2.24) is 4.31 Å². The molecule has 2 bridgehead atoms. The Morgan fingerprint density at radius 3 is 2.45 bits per heavy atom. The van der Waals surface area contributed by atoms with Crippen LogP contribution in [-0.2, 0) is 19.9 Å². The van der Waals surface area contributed by atoms with Crippen LogP contribution >= 0.6 is 0 Å². The van der Waals surface area contributed by atoms with Gasteiger partial charge in [-0.25, -0.2) is 16.8 Å². The molecule has 0 radical (unpaired) electrons. The summed E-state index contributed by atoms with van der Waals surface area (Å²) >= 11 is 0. The van der Waals surface area contributed by atoms with E-state index >= 15 is 0 Å². The molecule has 0 N–H and O–H groups in total. The summed E-state index contributed by atoms with van der Waals surface area (Å²) < 4.78 is 60.8. The van der Waals surface area contributed by atoms with E-state index in [-0.39, 0.29) is 22.9 Å². The van der Waals surface area contributed by atoms with Crippen LogP contribution in [0.1, 0.15) is 6.42 Å². The molecule has 0 aromatic heterocycles. The number of hydrogen-bond acceptors (Lipinski definition) is 6. The number of rotatable bonds is 4. The minimum absolute atomic E-state index is 0.000650. The van der Waals surface area contributed by atoms with Gasteiger partial charge in [0, 0.05) is 18.7 Å². The quantitative estimate of drug-likeness (QED) is 0.776. The van der Waals surface area contributed by atoms with Crippen molar-refractivity contribution >= 4 is 19.9 Å². The Hall–Kier alpha value is -1.32. The molecule has 122 valence electrons. The number of benzene rings is 1. The summed E-state index contributed by atoms with van der Waals surface area (Å²) in [6, 6.07) is 4.04. The number of nitrogens with zero attached hydrogens (tertiary/aromatic N) is 1. The van der Waals surface area contributed by atoms with Gasteiger partial charge in [-0.2, -0.15) is 4.31 Å². The van der Waals surface area contributed by atoms with E-state index in [0.29, 0.717) is 12.2 Å². The average molecular weight is 347 g/mol. The molecule has 7 nitrogen and oxygen atoms in total. The van der Waals surface area contributed by atoms with Crippen molar-refractivity contribution in [3.05, 3.63) is 18.2 Å². The van der Waals surface area contributed by atoms with Gasteiger partial charge in [0.2, 0.25) is 10.0 Å². The molecule has 0 amide bonds. The summed E-state index contributed by atoms with van der Waals surface area (Å²) in [5.74, 6) is 0.506. The molecule has 2 saturated heterocycles. The second-order valence-electron chi connectivity index (χ2n) is 5.43. The molecule has 3 rings (SSSR count). The first-order chi connectivity index (χ1) is 10.3. The third kappa shape index (κ3) is 2.27. The monoisotopic (exact) mass is 347 g/mol. The van der Waals surface area contributed by atoms with Gasteiger partial charge in [0.25, 0.3) is 0 Å². The Kier molecular flexibility index (Phi) is 3.61. The molecular weight excluding hydrogens is 330 g/mol. The van der Waals surface area contributed by atoms with E-state index < -0.39 is 31.2 Å². The predicted molar refractivity (Wildman–Crippen MR) is 79.4 cm³/mol. The van der Waals surface area contributed by atoms with E-state index in [1.54, 1.807) is 6.07 Å². The van der Waals surface area contributed by atoms with Crippen molar-refractivity contribution < 1.29 is 26.3 Å². The summed E-state index contributed by atoms with van der Waals surface area (Å²) in [5, 5.41) is -0.594. The first kappa shape index (κ1) is 15.6. The van der Waals surface area contributed by atoms with Gasteiger partial charge in [0.1, 0.15) is 16.4 Å². The zero-order chi connectivity index (χ0) is 16.1. The zero-order valence-corrected chi connectivity index (χ0v) is 13.9. The zero-order valence-electron chi connectivity index (χ0n) is 12.2. The lowest BCUT2D eigenvalue weighted by atomic mass is 10.3. The van der Waals surface area contributed by atoms with Gasteiger partial charge in [0.05, 0.1) is 25.2 Å². The van der Waals surface area contributed by atoms with Gasteiger partial charge in [-0.3, -0.25) is 0 Å². The van der Waals surface area contributed by atoms with Crippen molar-refractivity contribution in [3.8, 4) is 11.5 Å². The van der Waals surface area contributed by atoms with Crippen LogP contribution in [0, 0.1) is 0 Å². The minimum atomic E-state index is -3.83. The number of sulfonamides is 1. The van der Waals surface area contributed by atoms with Gasteiger partial charge in [-0.15, -0.1) is 0 Å². The fraction of sp³-hybridized carbons (Fsp3) is 0.538. The lowest BCUT2D eigenvalue weighted by Crippen LogP contribution is -2.44. The third-order valence-corrected chi connectivity index (χ3v) is 8.36. The highest BCUT2D eigenvalue weighted by Gasteiger charge is 2.53. The molecule has 0 saturated carbocycles. The number of ether oxygens (including phenoxy) is 2. The maximum atomic E-state index is 12.9. The largest absolute Gasteiger partial charge is 0.497 e. The fourth-order valence-electron chi connectivity index (χ4n) is 3.07. The van der Waals surface area contributed by atoms with Gasteiger partial charge in [-0.05, 0) is 18.6 Å². The molecule has 9 heteroatoms. The summed E-state index contributed by atoms with van der Waals surface area (Å²) in [5.41, 5.74) is 0. The Morgan fingerprint density at radius 1 is 1.23 bits per heavy atom. The van der Waals surface area contributed by atoms with E-state index in [1.807, 2.05) is 0 Å². The van der Waals surface area contributed by atoms with Crippen LogP contribution < -0.4 is 9.47 Å². The smallest absolute Gasteiger partial charge is 0.247 e. The van der Waals surface area contributed by atoms with E-state index in [9.17, 15) is 16.8 Å². The molecule has 1 aromatic rings. The molecule has 2 atom stereocenters. The van der Waals surface area contributed by atoms with Gasteiger partial charge in [0.15, 0.2) is 9.84 Å². The molecule has 2 unspecified atom stereocenters. The molecule has 1 aromatic carbocycles. The third-order valence-electron chi connectivity index (χ3n) is 4.22. The summed E-state index contributed by atoms with van der Waals surface area (Å²) in [7, 11) is -4.15. The molecule has 2 fully saturated rings. The molecule has 22 heavy (non-hydrogen) atoms. The van der Waals surface area contributed by atoms with Gasteiger partial charge in [-0.1, -0.05) is 0 Å². The highest BCUT2D eigenvalue weighted by atomic mass is 32.2. The van der Waals surface area contributed by atoms with Crippen molar-refractivity contribution in [2.45, 2.75) is 22.6 Å². The van der Waals surface area contributed by atoms with Gasteiger partial charge >= 0.3 is 0 Å². The standard InChI is InChI=1S/C13H17NO6S2/c1-19-10-3-4-12(20-2)13(6-10)22(17,18)14-7-11-5-9(14)8-21(11,15)16/h3-4,6,9,11H,5,7-8H2,1-2H3. The van der Waals surface area contributed by atoms with E-state index in [2.05, 4.69) is 0 Å². The van der Waals surface area contributed by atoms with Gasteiger partial charge < -0.3 is 9.47 Å². The molecule has 2 aliphatic heterocycles. The van der Waals surface area contributed by atoms with Crippen molar-refractivity contribution in [2.24, 2.45) is 0 Å². The summed E-state index contributed by atoms with van der Waals surface area (Å²) in [6.07, 6.45) is 0.369. The van der Waals surface area contributed by atoms with Crippen LogP contribution in [0.15, 0.2) is 23.1 Å². The van der Waals surface area contributed by atoms with E-state index in [1.165, 1.54) is 30.7 Å². The Balaban J connectivity index is 2.02. The maximum Gasteiger partial charge on any atom is 0.247 e. The first-order valence-corrected chi connectivity index (χ1v) is 9.90. The van der Waals surface area contributed by atoms with Crippen molar-refractivity contribution in [1.29, 1.82) is 0 Å². The molecule has 2 heterocycles. The average Bonchev–Trinajstić information content (AvgIpc) is 3.02. The Bertz CT molecular complexity index is 802. The predicted octanol–water partition coefficient (Wildman–Crippen LogP) is 0.264. The Labute approximate surface area is 129 Å². The fourth-order valence-corrected chi connectivity index (χ4v) is 7.14. The van der Waals surface area contributed by atoms with E-state index in [0.717, 1.165) is 0 Å². The van der Waals surface area contributed by atoms with E-state index in [4.69, 9.17) is 9.47 Å². The molecule has 0 spiro atoms. The second kappa shape index (κ2) is 5.10. The van der Waals surface area contributed by atoms with Crippen LogP contribution in [0.5, 0.6) is 11.5 Å². The normalized spacial score (nSPS) is 27.0. The lowest BCUT2D eigenvalue weighted by molar-refractivity contribution is 0.378. The molecule has 2 aliphatic rings. The molecule has 0 aliphatic carbocycles. The molecular formula is C13H17NO6S2. The van der Waals surface area contributed by atoms with Crippen LogP contribution in [0.2, 0.25) is 0 Å². The topological polar surface area (TPSA) is 90.0 Å². The SMILES string of the molecule is COc1ccc(OC)c(S(=O)(=O)N2CC3CC2CS3(=O)=O)c1. The number of sulfone groups is 1. The number of fused-ring (bicyclic) bond motifs is 2. The van der Waals surface area contributed by atoms with Crippen LogP contribution in [0.25, 0.3) is 0 Å². The summed E-state index contributed by atoms with van der Waals surface area (Å²) in [6.45, 7) is 0.00962. The van der Waals surface area contributed by atoms with Crippen LogP contribution in [0.3, 0.4) is 0 Å². The lowest BCUT2D eigenvalue weighted by Gasteiger charge is -2.26. The minimum Gasteiger partial charge on any atom is -0.497 e. The van der Waals surface area contributed by atoms with Crippen LogP contribution in [-0.4, -0.2) is 58.9 Å². The number of methoxy groups -OCH3 is 2.